The van der Waals surface area contributed by atoms with E-state index in [-0.39, 0.29) is 36.2 Å². The molecule has 154 valence electrons. The molecule has 1 heterocycles. The third-order valence-electron chi connectivity index (χ3n) is 4.91. The van der Waals surface area contributed by atoms with Crippen molar-refractivity contribution in [2.45, 2.75) is 25.2 Å². The van der Waals surface area contributed by atoms with E-state index in [9.17, 15) is 18.0 Å². The number of carbonyl (C=O) groups excluding carboxylic acids is 2. The molecule has 3 rings (SSSR count). The molecule has 0 radical (unpaired) electrons. The minimum atomic E-state index is -3.65. The topological polar surface area (TPSA) is 95.6 Å². The SMILES string of the molecule is Cc1ccc(C)c(S(=O)(=O)NCCNC(=O)C2CC(=O)N(c3ccccc3)C2)c1. The minimum absolute atomic E-state index is 0.0739. The Morgan fingerprint density at radius 2 is 1.83 bits per heavy atom. The fraction of sp³-hybridized carbons (Fsp3) is 0.333. The van der Waals surface area contributed by atoms with Gasteiger partial charge in [-0.25, -0.2) is 13.1 Å². The summed E-state index contributed by atoms with van der Waals surface area (Å²) in [6.45, 7) is 4.12. The molecule has 0 saturated carbocycles. The van der Waals surface area contributed by atoms with Gasteiger partial charge in [0.05, 0.1) is 10.8 Å². The number of anilines is 1. The van der Waals surface area contributed by atoms with E-state index in [2.05, 4.69) is 10.0 Å². The molecule has 1 fully saturated rings. The van der Waals surface area contributed by atoms with Crippen LogP contribution in [0.2, 0.25) is 0 Å². The van der Waals surface area contributed by atoms with Crippen molar-refractivity contribution in [1.82, 2.24) is 10.0 Å². The van der Waals surface area contributed by atoms with Gasteiger partial charge in [-0.2, -0.15) is 0 Å². The molecule has 2 N–H and O–H groups in total. The molecule has 0 bridgehead atoms. The van der Waals surface area contributed by atoms with Gasteiger partial charge in [-0.1, -0.05) is 30.3 Å². The van der Waals surface area contributed by atoms with Crippen molar-refractivity contribution in [2.24, 2.45) is 5.92 Å². The summed E-state index contributed by atoms with van der Waals surface area (Å²) in [5.41, 5.74) is 2.30. The Bertz CT molecular complexity index is 1010. The van der Waals surface area contributed by atoms with Crippen LogP contribution in [0.3, 0.4) is 0 Å². The van der Waals surface area contributed by atoms with E-state index >= 15 is 0 Å². The largest absolute Gasteiger partial charge is 0.354 e. The van der Waals surface area contributed by atoms with E-state index in [0.29, 0.717) is 12.1 Å². The fourth-order valence-electron chi connectivity index (χ4n) is 3.33. The summed E-state index contributed by atoms with van der Waals surface area (Å²) in [6, 6.07) is 14.5. The molecule has 1 aliphatic heterocycles. The van der Waals surface area contributed by atoms with Crippen LogP contribution < -0.4 is 14.9 Å². The van der Waals surface area contributed by atoms with Crippen molar-refractivity contribution < 1.29 is 18.0 Å². The average molecular weight is 416 g/mol. The van der Waals surface area contributed by atoms with E-state index < -0.39 is 15.9 Å². The number of amides is 2. The highest BCUT2D eigenvalue weighted by molar-refractivity contribution is 7.89. The normalized spacial score (nSPS) is 16.8. The molecule has 2 aromatic rings. The van der Waals surface area contributed by atoms with Gasteiger partial charge in [-0.3, -0.25) is 9.59 Å². The Hall–Kier alpha value is -2.71. The number of hydrogen-bond donors (Lipinski definition) is 2. The number of rotatable bonds is 7. The molecule has 29 heavy (non-hydrogen) atoms. The monoisotopic (exact) mass is 415 g/mol. The first-order chi connectivity index (χ1) is 13.8. The van der Waals surface area contributed by atoms with Gasteiger partial charge >= 0.3 is 0 Å². The minimum Gasteiger partial charge on any atom is -0.354 e. The summed E-state index contributed by atoms with van der Waals surface area (Å²) in [5, 5.41) is 2.72. The van der Waals surface area contributed by atoms with E-state index in [1.807, 2.05) is 43.3 Å². The lowest BCUT2D eigenvalue weighted by molar-refractivity contribution is -0.126. The van der Waals surface area contributed by atoms with Gasteiger partial charge in [-0.15, -0.1) is 0 Å². The second-order valence-electron chi connectivity index (χ2n) is 7.20. The molecule has 2 aromatic carbocycles. The fourth-order valence-corrected chi connectivity index (χ4v) is 4.69. The van der Waals surface area contributed by atoms with Crippen LogP contribution in [-0.2, 0) is 19.6 Å². The van der Waals surface area contributed by atoms with Gasteiger partial charge in [0.15, 0.2) is 0 Å². The average Bonchev–Trinajstić information content (AvgIpc) is 3.09. The van der Waals surface area contributed by atoms with E-state index in [0.717, 1.165) is 11.3 Å². The number of hydrogen-bond acceptors (Lipinski definition) is 4. The molecule has 0 spiro atoms. The second kappa shape index (κ2) is 8.75. The molecule has 1 unspecified atom stereocenters. The summed E-state index contributed by atoms with van der Waals surface area (Å²) in [4.78, 5) is 26.5. The lowest BCUT2D eigenvalue weighted by atomic mass is 10.1. The van der Waals surface area contributed by atoms with Crippen LogP contribution in [0.25, 0.3) is 0 Å². The molecule has 0 aromatic heterocycles. The first-order valence-corrected chi connectivity index (χ1v) is 11.0. The zero-order valence-electron chi connectivity index (χ0n) is 16.5. The summed E-state index contributed by atoms with van der Waals surface area (Å²) in [5.74, 6) is -0.784. The first-order valence-electron chi connectivity index (χ1n) is 9.48. The summed E-state index contributed by atoms with van der Waals surface area (Å²) < 4.78 is 27.5. The van der Waals surface area contributed by atoms with Gasteiger partial charge in [0, 0.05) is 31.7 Å². The standard InChI is InChI=1S/C21H25N3O4S/c1-15-8-9-16(2)19(12-15)29(27,28)23-11-10-22-21(26)17-13-20(25)24(14-17)18-6-4-3-5-7-18/h3-9,12,17,23H,10-11,13-14H2,1-2H3,(H,22,26). The quantitative estimate of drug-likeness (QED) is 0.674. The van der Waals surface area contributed by atoms with Crippen molar-refractivity contribution in [1.29, 1.82) is 0 Å². The predicted molar refractivity (Wildman–Crippen MR) is 111 cm³/mol. The van der Waals surface area contributed by atoms with Crippen molar-refractivity contribution in [3.63, 3.8) is 0 Å². The first kappa shape index (κ1) is 21.0. The number of nitrogens with one attached hydrogen (secondary N) is 2. The molecule has 7 nitrogen and oxygen atoms in total. The number of sulfonamides is 1. The van der Waals surface area contributed by atoms with Crippen LogP contribution in [-0.4, -0.2) is 39.9 Å². The van der Waals surface area contributed by atoms with Crippen LogP contribution >= 0.6 is 0 Å². The Kier molecular flexibility index (Phi) is 6.34. The highest BCUT2D eigenvalue weighted by Crippen LogP contribution is 2.24. The van der Waals surface area contributed by atoms with Gasteiger partial charge in [0.2, 0.25) is 21.8 Å². The van der Waals surface area contributed by atoms with E-state index in [1.165, 1.54) is 0 Å². The van der Waals surface area contributed by atoms with Gasteiger partial charge in [-0.05, 0) is 43.2 Å². The van der Waals surface area contributed by atoms with E-state index in [1.54, 1.807) is 24.0 Å². The van der Waals surface area contributed by atoms with Gasteiger partial charge in [0.25, 0.3) is 0 Å². The lowest BCUT2D eigenvalue weighted by Crippen LogP contribution is -2.38. The van der Waals surface area contributed by atoms with Gasteiger partial charge in [0.1, 0.15) is 0 Å². The Labute approximate surface area is 171 Å². The number of nitrogens with zero attached hydrogens (tertiary/aromatic N) is 1. The zero-order valence-corrected chi connectivity index (χ0v) is 17.3. The van der Waals surface area contributed by atoms with Crippen molar-refractivity contribution >= 4 is 27.5 Å². The van der Waals surface area contributed by atoms with Crippen LogP contribution in [0, 0.1) is 19.8 Å². The highest BCUT2D eigenvalue weighted by Gasteiger charge is 2.34. The van der Waals surface area contributed by atoms with Crippen LogP contribution in [0.15, 0.2) is 53.4 Å². The summed E-state index contributed by atoms with van der Waals surface area (Å²) in [7, 11) is -3.65. The van der Waals surface area contributed by atoms with Crippen molar-refractivity contribution in [2.75, 3.05) is 24.5 Å². The van der Waals surface area contributed by atoms with Crippen LogP contribution in [0.5, 0.6) is 0 Å². The lowest BCUT2D eigenvalue weighted by Gasteiger charge is -2.16. The van der Waals surface area contributed by atoms with Crippen molar-refractivity contribution in [3.05, 3.63) is 59.7 Å². The molecular weight excluding hydrogens is 390 g/mol. The number of carbonyl (C=O) groups is 2. The third kappa shape index (κ3) is 5.02. The maximum Gasteiger partial charge on any atom is 0.240 e. The molecular formula is C21H25N3O4S. The number of para-hydroxylation sites is 1. The summed E-state index contributed by atoms with van der Waals surface area (Å²) >= 11 is 0. The molecule has 0 aliphatic carbocycles. The Balaban J connectivity index is 1.50. The molecule has 8 heteroatoms. The maximum absolute atomic E-state index is 12.5. The molecule has 1 aliphatic rings. The highest BCUT2D eigenvalue weighted by atomic mass is 32.2. The molecule has 1 atom stereocenters. The van der Waals surface area contributed by atoms with E-state index in [4.69, 9.17) is 0 Å². The second-order valence-corrected chi connectivity index (χ2v) is 8.93. The zero-order chi connectivity index (χ0) is 21.0. The maximum atomic E-state index is 12.5. The Morgan fingerprint density at radius 1 is 1.10 bits per heavy atom. The smallest absolute Gasteiger partial charge is 0.240 e. The molecule has 2 amide bonds. The predicted octanol–water partition coefficient (Wildman–Crippen LogP) is 1.75. The summed E-state index contributed by atoms with van der Waals surface area (Å²) in [6.07, 6.45) is 0.148. The number of benzene rings is 2. The third-order valence-corrected chi connectivity index (χ3v) is 6.52. The number of aryl methyl sites for hydroxylation is 2. The van der Waals surface area contributed by atoms with Gasteiger partial charge < -0.3 is 10.2 Å². The van der Waals surface area contributed by atoms with Crippen LogP contribution in [0.4, 0.5) is 5.69 Å². The van der Waals surface area contributed by atoms with Crippen LogP contribution in [0.1, 0.15) is 17.5 Å². The van der Waals surface area contributed by atoms with Crippen molar-refractivity contribution in [3.8, 4) is 0 Å². The molecule has 1 saturated heterocycles. The Morgan fingerprint density at radius 3 is 2.55 bits per heavy atom.